The van der Waals surface area contributed by atoms with Crippen LogP contribution < -0.4 is 5.32 Å². The maximum atomic E-state index is 11.5. The van der Waals surface area contributed by atoms with Crippen molar-refractivity contribution in [3.63, 3.8) is 0 Å². The summed E-state index contributed by atoms with van der Waals surface area (Å²) in [6, 6.07) is 2.46. The van der Waals surface area contributed by atoms with Crippen LogP contribution in [0.15, 0.2) is 11.4 Å². The molecule has 1 saturated carbocycles. The third-order valence-electron chi connectivity index (χ3n) is 2.39. The van der Waals surface area contributed by atoms with E-state index in [2.05, 4.69) is 17.2 Å². The van der Waals surface area contributed by atoms with E-state index in [1.54, 1.807) is 23.1 Å². The van der Waals surface area contributed by atoms with Crippen molar-refractivity contribution in [2.75, 3.05) is 12.4 Å². The van der Waals surface area contributed by atoms with Crippen LogP contribution >= 0.6 is 23.1 Å². The Morgan fingerprint density at radius 2 is 2.44 bits per heavy atom. The Morgan fingerprint density at radius 1 is 1.61 bits per heavy atom. The molecule has 18 heavy (non-hydrogen) atoms. The number of aliphatic hydroxyl groups is 1. The molecule has 5 heteroatoms. The molecule has 2 N–H and O–H groups in total. The van der Waals surface area contributed by atoms with Gasteiger partial charge in [-0.25, -0.2) is 0 Å². The van der Waals surface area contributed by atoms with Gasteiger partial charge in [0.15, 0.2) is 0 Å². The van der Waals surface area contributed by atoms with Crippen molar-refractivity contribution in [3.05, 3.63) is 21.9 Å². The Bertz CT molecular complexity index is 469. The number of carbonyl (C=O) groups excluding carboxylic acids is 1. The molecule has 0 unspecified atom stereocenters. The Morgan fingerprint density at radius 3 is 3.17 bits per heavy atom. The van der Waals surface area contributed by atoms with E-state index in [4.69, 9.17) is 5.11 Å². The highest BCUT2D eigenvalue weighted by atomic mass is 32.2. The minimum Gasteiger partial charge on any atom is -0.384 e. The molecule has 0 saturated heterocycles. The van der Waals surface area contributed by atoms with Crippen molar-refractivity contribution < 1.29 is 9.90 Å². The number of rotatable bonds is 5. The van der Waals surface area contributed by atoms with Crippen LogP contribution in [0.3, 0.4) is 0 Å². The van der Waals surface area contributed by atoms with Crippen LogP contribution in [0.25, 0.3) is 0 Å². The lowest BCUT2D eigenvalue weighted by atomic mass is 10.3. The summed E-state index contributed by atoms with van der Waals surface area (Å²) in [6.07, 6.45) is 2.27. The van der Waals surface area contributed by atoms with Gasteiger partial charge >= 0.3 is 0 Å². The van der Waals surface area contributed by atoms with Gasteiger partial charge in [0.25, 0.3) is 0 Å². The Balaban J connectivity index is 1.69. The first-order valence-corrected chi connectivity index (χ1v) is 7.85. The average molecular weight is 281 g/mol. The number of hydrogen-bond acceptors (Lipinski definition) is 4. The molecule has 0 atom stereocenters. The van der Waals surface area contributed by atoms with Gasteiger partial charge in [-0.1, -0.05) is 11.8 Å². The van der Waals surface area contributed by atoms with Gasteiger partial charge in [-0.05, 0) is 18.9 Å². The molecule has 0 bridgehead atoms. The van der Waals surface area contributed by atoms with Gasteiger partial charge in [0.05, 0.1) is 5.75 Å². The lowest BCUT2D eigenvalue weighted by Gasteiger charge is -2.01. The summed E-state index contributed by atoms with van der Waals surface area (Å²) in [5.74, 6) is 6.99. The number of thiophene rings is 1. The van der Waals surface area contributed by atoms with Crippen LogP contribution in [0.4, 0.5) is 0 Å². The van der Waals surface area contributed by atoms with Crippen molar-refractivity contribution in [2.45, 2.75) is 24.6 Å². The van der Waals surface area contributed by atoms with Gasteiger partial charge in [-0.2, -0.15) is 0 Å². The molecule has 2 rings (SSSR count). The second-order valence-corrected chi connectivity index (χ2v) is 6.08. The zero-order valence-corrected chi connectivity index (χ0v) is 11.6. The SMILES string of the molecule is O=C(CSCc1cc(C#CCO)cs1)NC1CC1. The van der Waals surface area contributed by atoms with E-state index in [1.165, 1.54) is 4.88 Å². The smallest absolute Gasteiger partial charge is 0.230 e. The summed E-state index contributed by atoms with van der Waals surface area (Å²) < 4.78 is 0. The van der Waals surface area contributed by atoms with E-state index in [-0.39, 0.29) is 12.5 Å². The molecule has 3 nitrogen and oxygen atoms in total. The molecule has 96 valence electrons. The minimum absolute atomic E-state index is 0.110. The zero-order valence-electron chi connectivity index (χ0n) is 9.94. The quantitative estimate of drug-likeness (QED) is 0.806. The first kappa shape index (κ1) is 13.5. The predicted molar refractivity (Wildman–Crippen MR) is 75.6 cm³/mol. The molecule has 1 amide bonds. The van der Waals surface area contributed by atoms with Gasteiger partial charge in [0, 0.05) is 27.6 Å². The zero-order chi connectivity index (χ0) is 12.8. The molecule has 1 heterocycles. The van der Waals surface area contributed by atoms with Gasteiger partial charge in [-0.3, -0.25) is 4.79 Å². The highest BCUT2D eigenvalue weighted by Gasteiger charge is 2.22. The van der Waals surface area contributed by atoms with E-state index in [0.29, 0.717) is 11.8 Å². The maximum Gasteiger partial charge on any atom is 0.230 e. The third-order valence-corrected chi connectivity index (χ3v) is 4.49. The average Bonchev–Trinajstić information content (AvgIpc) is 3.04. The molecule has 1 aliphatic carbocycles. The number of aliphatic hydroxyl groups excluding tert-OH is 1. The normalized spacial score (nSPS) is 13.8. The van der Waals surface area contributed by atoms with E-state index in [9.17, 15) is 4.79 Å². The first-order valence-electron chi connectivity index (χ1n) is 5.82. The van der Waals surface area contributed by atoms with Gasteiger partial charge < -0.3 is 10.4 Å². The van der Waals surface area contributed by atoms with Crippen LogP contribution in [0.2, 0.25) is 0 Å². The summed E-state index contributed by atoms with van der Waals surface area (Å²) in [5.41, 5.74) is 0.937. The van der Waals surface area contributed by atoms with Gasteiger partial charge in [0.1, 0.15) is 6.61 Å². The summed E-state index contributed by atoms with van der Waals surface area (Å²) >= 11 is 3.26. The number of amides is 1. The van der Waals surface area contributed by atoms with Crippen LogP contribution in [-0.4, -0.2) is 29.4 Å². The molecule has 0 spiro atoms. The Hall–Kier alpha value is -0.960. The largest absolute Gasteiger partial charge is 0.384 e. The number of thioether (sulfide) groups is 1. The monoisotopic (exact) mass is 281 g/mol. The van der Waals surface area contributed by atoms with Gasteiger partial charge in [-0.15, -0.1) is 23.1 Å². The molecule has 1 aliphatic rings. The van der Waals surface area contributed by atoms with E-state index in [1.807, 2.05) is 11.4 Å². The molecule has 1 fully saturated rings. The Labute approximate surface area is 115 Å². The number of nitrogens with one attached hydrogen (secondary N) is 1. The second kappa shape index (κ2) is 6.83. The standard InChI is InChI=1S/C13H15NO2S2/c15-5-1-2-10-6-12(18-7-10)8-17-9-13(16)14-11-3-4-11/h6-7,11,15H,3-5,8-9H2,(H,14,16). The molecule has 1 aromatic rings. The molecular formula is C13H15NO2S2. The third kappa shape index (κ3) is 4.73. The molecule has 0 aliphatic heterocycles. The van der Waals surface area contributed by atoms with E-state index >= 15 is 0 Å². The molecule has 0 aromatic carbocycles. The predicted octanol–water partition coefficient (Wildman–Crippen LogP) is 1.60. The fourth-order valence-corrected chi connectivity index (χ4v) is 3.18. The van der Waals surface area contributed by atoms with Crippen molar-refractivity contribution in [1.29, 1.82) is 0 Å². The van der Waals surface area contributed by atoms with Crippen molar-refractivity contribution in [2.24, 2.45) is 0 Å². The second-order valence-electron chi connectivity index (χ2n) is 4.10. The summed E-state index contributed by atoms with van der Waals surface area (Å²) in [7, 11) is 0. The molecule has 1 aromatic heterocycles. The highest BCUT2D eigenvalue weighted by molar-refractivity contribution is 7.99. The van der Waals surface area contributed by atoms with E-state index < -0.39 is 0 Å². The summed E-state index contributed by atoms with van der Waals surface area (Å²) in [6.45, 7) is -0.110. The highest BCUT2D eigenvalue weighted by Crippen LogP contribution is 2.21. The first-order chi connectivity index (χ1) is 8.78. The van der Waals surface area contributed by atoms with Crippen molar-refractivity contribution in [1.82, 2.24) is 5.32 Å². The van der Waals surface area contributed by atoms with Crippen LogP contribution in [0.1, 0.15) is 23.3 Å². The number of carbonyl (C=O) groups is 1. The summed E-state index contributed by atoms with van der Waals surface area (Å²) in [4.78, 5) is 12.7. The molecule has 0 radical (unpaired) electrons. The van der Waals surface area contributed by atoms with Crippen LogP contribution in [0.5, 0.6) is 0 Å². The Kier molecular flexibility index (Phi) is 5.12. The molecular weight excluding hydrogens is 266 g/mol. The van der Waals surface area contributed by atoms with Crippen LogP contribution in [0, 0.1) is 11.8 Å². The topological polar surface area (TPSA) is 49.3 Å². The maximum absolute atomic E-state index is 11.5. The van der Waals surface area contributed by atoms with Gasteiger partial charge in [0.2, 0.25) is 5.91 Å². The van der Waals surface area contributed by atoms with Crippen molar-refractivity contribution >= 4 is 29.0 Å². The van der Waals surface area contributed by atoms with Crippen molar-refractivity contribution in [3.8, 4) is 11.8 Å². The summed E-state index contributed by atoms with van der Waals surface area (Å²) in [5, 5.41) is 13.5. The lowest BCUT2D eigenvalue weighted by molar-refractivity contribution is -0.118. The van der Waals surface area contributed by atoms with Crippen LogP contribution in [-0.2, 0) is 10.5 Å². The fraction of sp³-hybridized carbons (Fsp3) is 0.462. The number of hydrogen-bond donors (Lipinski definition) is 2. The lowest BCUT2D eigenvalue weighted by Crippen LogP contribution is -2.27. The van der Waals surface area contributed by atoms with E-state index in [0.717, 1.165) is 24.2 Å². The fourth-order valence-electron chi connectivity index (χ4n) is 1.40. The minimum atomic E-state index is -0.110.